The number of nitrogens with zero attached hydrogens (tertiary/aromatic N) is 2. The van der Waals surface area contributed by atoms with E-state index in [4.69, 9.17) is 14.4 Å². The molecule has 0 unspecified atom stereocenters. The van der Waals surface area contributed by atoms with Crippen molar-refractivity contribution in [1.29, 1.82) is 0 Å². The Bertz CT molecular complexity index is 953. The number of aromatic nitrogens is 2. The van der Waals surface area contributed by atoms with Gasteiger partial charge in [0.1, 0.15) is 8.07 Å². The van der Waals surface area contributed by atoms with Gasteiger partial charge in [-0.25, -0.2) is 0 Å². The fourth-order valence-electron chi connectivity index (χ4n) is 5.37. The van der Waals surface area contributed by atoms with Gasteiger partial charge in [-0.2, -0.15) is 0 Å². The Morgan fingerprint density at radius 2 is 1.39 bits per heavy atom. The van der Waals surface area contributed by atoms with Crippen molar-refractivity contribution in [2.45, 2.75) is 104 Å². The molecule has 5 heteroatoms. The zero-order valence-corrected chi connectivity index (χ0v) is 22.5. The van der Waals surface area contributed by atoms with Gasteiger partial charge in [0.25, 0.3) is 0 Å². The third-order valence-corrected chi connectivity index (χ3v) is 14.0. The molecule has 0 saturated heterocycles. The van der Waals surface area contributed by atoms with E-state index in [0.717, 1.165) is 25.7 Å². The maximum atomic E-state index is 6.79. The molecule has 0 spiro atoms. The lowest BCUT2D eigenvalue weighted by Crippen LogP contribution is -2.42. The quantitative estimate of drug-likeness (QED) is 0.448. The lowest BCUT2D eigenvalue weighted by Gasteiger charge is -2.29. The number of rotatable bonds is 8. The van der Waals surface area contributed by atoms with E-state index in [0.29, 0.717) is 6.61 Å². The van der Waals surface area contributed by atoms with Gasteiger partial charge in [0.2, 0.25) is 0 Å². The molecule has 0 radical (unpaired) electrons. The number of pyridine rings is 2. The van der Waals surface area contributed by atoms with Gasteiger partial charge in [-0.05, 0) is 79.9 Å². The highest BCUT2D eigenvalue weighted by molar-refractivity contribution is 6.89. The Balaban J connectivity index is 1.83. The highest BCUT2D eigenvalue weighted by atomic mass is 28.4. The molecule has 0 aliphatic heterocycles. The molecule has 0 bridgehead atoms. The fraction of sp³-hybridized carbons (Fsp3) is 0.615. The Morgan fingerprint density at radius 1 is 0.806 bits per heavy atom. The molecule has 2 aliphatic carbocycles. The van der Waals surface area contributed by atoms with Crippen LogP contribution >= 0.6 is 0 Å². The van der Waals surface area contributed by atoms with Crippen LogP contribution < -0.4 is 5.32 Å². The van der Waals surface area contributed by atoms with Gasteiger partial charge in [-0.3, -0.25) is 9.97 Å². The van der Waals surface area contributed by atoms with E-state index in [2.05, 4.69) is 52.5 Å². The summed E-state index contributed by atoms with van der Waals surface area (Å²) in [5.74, 6) is 0. The first kappa shape index (κ1) is 22.9. The smallest absolute Gasteiger partial charge is 0.192 e. The van der Waals surface area contributed by atoms with Crippen molar-refractivity contribution >= 4 is 21.7 Å². The maximum Gasteiger partial charge on any atom is 0.192 e. The lowest BCUT2D eigenvalue weighted by molar-refractivity contribution is 0.287. The third-order valence-electron chi connectivity index (χ3n) is 7.61. The molecule has 2 aromatic rings. The summed E-state index contributed by atoms with van der Waals surface area (Å²) in [4.78, 5) is 10.6. The van der Waals surface area contributed by atoms with Crippen LogP contribution in [0.4, 0.5) is 0 Å². The summed E-state index contributed by atoms with van der Waals surface area (Å²) in [6, 6.07) is 8.46. The van der Waals surface area contributed by atoms with Gasteiger partial charge in [-0.1, -0.05) is 40.4 Å². The molecule has 0 saturated carbocycles. The summed E-state index contributed by atoms with van der Waals surface area (Å²) in [7, 11) is -3.27. The van der Waals surface area contributed by atoms with Crippen molar-refractivity contribution in [2.24, 2.45) is 0 Å². The molecular formula is C26H40N2OSi2. The molecule has 0 aromatic carbocycles. The molecular weight excluding hydrogens is 412 g/mol. The van der Waals surface area contributed by atoms with Crippen molar-refractivity contribution in [3.63, 3.8) is 0 Å². The van der Waals surface area contributed by atoms with Crippen LogP contribution in [0.3, 0.4) is 0 Å². The van der Waals surface area contributed by atoms with E-state index in [-0.39, 0.29) is 0 Å². The largest absolute Gasteiger partial charge is 0.412 e. The van der Waals surface area contributed by atoms with Gasteiger partial charge in [0.05, 0.1) is 12.3 Å². The molecule has 3 nitrogen and oxygen atoms in total. The Hall–Kier alpha value is -1.31. The van der Waals surface area contributed by atoms with Crippen LogP contribution in [-0.4, -0.2) is 26.4 Å². The standard InChI is InChI=1S/C26H40N2OSi2/c1-7-31(8-2,9-3)29-18-21-16-19-12-10-14-23(19)27-25(21)22-17-20-13-11-15-24(20)28-26(22)30(4,5)6/h16-17H,7-15,18H2,1-6H3. The van der Waals surface area contributed by atoms with Crippen LogP contribution in [0.15, 0.2) is 12.1 Å². The van der Waals surface area contributed by atoms with E-state index in [1.54, 1.807) is 0 Å². The SMILES string of the molecule is CC[Si](CC)(CC)OCc1cc2c(nc1-c1cc3c(nc1[Si](C)(C)C)CCC3)CCC2. The topological polar surface area (TPSA) is 35.0 Å². The van der Waals surface area contributed by atoms with E-state index in [9.17, 15) is 0 Å². The van der Waals surface area contributed by atoms with Crippen LogP contribution in [0.5, 0.6) is 0 Å². The summed E-state index contributed by atoms with van der Waals surface area (Å²) in [6.45, 7) is 14.9. The van der Waals surface area contributed by atoms with Crippen molar-refractivity contribution in [3.8, 4) is 11.3 Å². The van der Waals surface area contributed by atoms with Gasteiger partial charge < -0.3 is 4.43 Å². The highest BCUT2D eigenvalue weighted by Crippen LogP contribution is 2.33. The number of aryl methyl sites for hydroxylation is 4. The normalized spacial score (nSPS) is 15.9. The zero-order valence-electron chi connectivity index (χ0n) is 20.5. The summed E-state index contributed by atoms with van der Waals surface area (Å²) >= 11 is 0. The molecule has 2 heterocycles. The molecule has 168 valence electrons. The Labute approximate surface area is 191 Å². The average molecular weight is 453 g/mol. The summed E-state index contributed by atoms with van der Waals surface area (Å²) < 4.78 is 6.79. The van der Waals surface area contributed by atoms with Gasteiger partial charge in [0.15, 0.2) is 8.32 Å². The molecule has 0 fully saturated rings. The minimum atomic E-state index is -1.65. The van der Waals surface area contributed by atoms with Crippen LogP contribution in [0.1, 0.15) is 61.7 Å². The van der Waals surface area contributed by atoms with Gasteiger partial charge in [-0.15, -0.1) is 0 Å². The minimum absolute atomic E-state index is 0.708. The molecule has 0 atom stereocenters. The number of hydrogen-bond acceptors (Lipinski definition) is 3. The van der Waals surface area contributed by atoms with Crippen LogP contribution in [0, 0.1) is 0 Å². The zero-order chi connectivity index (χ0) is 22.2. The molecule has 0 N–H and O–H groups in total. The average Bonchev–Trinajstić information content (AvgIpc) is 3.41. The summed E-state index contributed by atoms with van der Waals surface area (Å²) in [5, 5.41) is 1.34. The first-order chi connectivity index (χ1) is 14.8. The third kappa shape index (κ3) is 4.46. The van der Waals surface area contributed by atoms with Gasteiger partial charge in [0, 0.05) is 27.8 Å². The van der Waals surface area contributed by atoms with Crippen LogP contribution in [0.2, 0.25) is 37.8 Å². The molecule has 2 aromatic heterocycles. The lowest BCUT2D eigenvalue weighted by atomic mass is 10.0. The van der Waals surface area contributed by atoms with Crippen LogP contribution in [0.25, 0.3) is 11.3 Å². The number of fused-ring (bicyclic) bond motifs is 2. The van der Waals surface area contributed by atoms with Crippen molar-refractivity contribution in [1.82, 2.24) is 9.97 Å². The fourth-order valence-corrected chi connectivity index (χ4v) is 9.42. The van der Waals surface area contributed by atoms with Crippen LogP contribution in [-0.2, 0) is 36.7 Å². The second-order valence-electron chi connectivity index (χ2n) is 10.6. The second kappa shape index (κ2) is 8.91. The molecule has 31 heavy (non-hydrogen) atoms. The van der Waals surface area contributed by atoms with Crippen molar-refractivity contribution in [2.75, 3.05) is 0 Å². The highest BCUT2D eigenvalue weighted by Gasteiger charge is 2.31. The van der Waals surface area contributed by atoms with E-state index in [1.165, 1.54) is 75.6 Å². The summed E-state index contributed by atoms with van der Waals surface area (Å²) in [5.41, 5.74) is 9.33. The monoisotopic (exact) mass is 452 g/mol. The minimum Gasteiger partial charge on any atom is -0.412 e. The first-order valence-corrected chi connectivity index (χ1v) is 18.5. The van der Waals surface area contributed by atoms with Crippen molar-refractivity contribution in [3.05, 3.63) is 40.2 Å². The Kier molecular flexibility index (Phi) is 6.58. The maximum absolute atomic E-state index is 6.79. The summed E-state index contributed by atoms with van der Waals surface area (Å²) in [6.07, 6.45) is 7.04. The number of hydrogen-bond donors (Lipinski definition) is 0. The van der Waals surface area contributed by atoms with E-state index >= 15 is 0 Å². The molecule has 2 aliphatic rings. The van der Waals surface area contributed by atoms with Gasteiger partial charge >= 0.3 is 0 Å². The Morgan fingerprint density at radius 3 is 1.97 bits per heavy atom. The second-order valence-corrected chi connectivity index (χ2v) is 20.3. The van der Waals surface area contributed by atoms with E-state index < -0.39 is 16.4 Å². The van der Waals surface area contributed by atoms with Crippen molar-refractivity contribution < 1.29 is 4.43 Å². The van der Waals surface area contributed by atoms with E-state index in [1.807, 2.05) is 0 Å². The first-order valence-electron chi connectivity index (χ1n) is 12.5. The predicted molar refractivity (Wildman–Crippen MR) is 136 cm³/mol. The molecule has 0 amide bonds. The predicted octanol–water partition coefficient (Wildman–Crippen LogP) is 6.19. The molecule has 4 rings (SSSR count).